The molecule has 0 aliphatic heterocycles. The van der Waals surface area contributed by atoms with Gasteiger partial charge in [-0.05, 0) is 36.4 Å². The van der Waals surface area contributed by atoms with Gasteiger partial charge in [0.25, 0.3) is 5.97 Å². The number of aromatic nitrogens is 1. The van der Waals surface area contributed by atoms with E-state index in [0.29, 0.717) is 5.89 Å². The summed E-state index contributed by atoms with van der Waals surface area (Å²) >= 11 is 0. The molecule has 0 spiro atoms. The summed E-state index contributed by atoms with van der Waals surface area (Å²) < 4.78 is 18.3. The third kappa shape index (κ3) is 3.41. The zero-order valence-electron chi connectivity index (χ0n) is 10.7. The molecule has 0 radical (unpaired) electrons. The Kier molecular flexibility index (Phi) is 4.10. The van der Waals surface area contributed by atoms with E-state index in [9.17, 15) is 4.39 Å². The molecule has 0 bridgehead atoms. The monoisotopic (exact) mass is 273 g/mol. The van der Waals surface area contributed by atoms with E-state index >= 15 is 0 Å². The number of hydrogen-bond donors (Lipinski definition) is 1. The fourth-order valence-corrected chi connectivity index (χ4v) is 1.59. The van der Waals surface area contributed by atoms with Crippen molar-refractivity contribution in [2.24, 2.45) is 0 Å². The van der Waals surface area contributed by atoms with E-state index in [-0.39, 0.29) is 5.82 Å². The van der Waals surface area contributed by atoms with Crippen LogP contribution in [0.2, 0.25) is 0 Å². The summed E-state index contributed by atoms with van der Waals surface area (Å²) in [5.74, 6) is -0.582. The Balaban J connectivity index is 0.000000328. The van der Waals surface area contributed by atoms with Gasteiger partial charge >= 0.3 is 0 Å². The van der Waals surface area contributed by atoms with Crippen molar-refractivity contribution < 1.29 is 18.7 Å². The van der Waals surface area contributed by atoms with E-state index < -0.39 is 5.97 Å². The number of fused-ring (bicyclic) bond motifs is 1. The van der Waals surface area contributed by atoms with Crippen molar-refractivity contribution in [1.82, 2.24) is 4.98 Å². The molecule has 0 atom stereocenters. The predicted octanol–water partition coefficient (Wildman–Crippen LogP) is 3.72. The molecule has 0 aliphatic carbocycles. The lowest BCUT2D eigenvalue weighted by Crippen LogP contribution is -1.78. The zero-order valence-corrected chi connectivity index (χ0v) is 10.7. The van der Waals surface area contributed by atoms with Gasteiger partial charge in [-0.25, -0.2) is 9.37 Å². The first kappa shape index (κ1) is 13.7. The van der Waals surface area contributed by atoms with Gasteiger partial charge in [0.2, 0.25) is 5.89 Å². The van der Waals surface area contributed by atoms with Gasteiger partial charge in [-0.3, -0.25) is 4.79 Å². The Morgan fingerprint density at radius 1 is 1.15 bits per heavy atom. The molecule has 2 aromatic carbocycles. The van der Waals surface area contributed by atoms with Crippen LogP contribution in [0, 0.1) is 5.82 Å². The van der Waals surface area contributed by atoms with Gasteiger partial charge in [-0.1, -0.05) is 12.1 Å². The predicted molar refractivity (Wildman–Crippen MR) is 72.7 cm³/mol. The number of oxazole rings is 1. The fourth-order valence-electron chi connectivity index (χ4n) is 1.59. The lowest BCUT2D eigenvalue weighted by Gasteiger charge is -1.93. The Morgan fingerprint density at radius 3 is 2.35 bits per heavy atom. The minimum atomic E-state index is -0.833. The molecule has 0 saturated carbocycles. The van der Waals surface area contributed by atoms with Crippen molar-refractivity contribution in [2.75, 3.05) is 0 Å². The van der Waals surface area contributed by atoms with Crippen molar-refractivity contribution in [3.8, 4) is 11.5 Å². The van der Waals surface area contributed by atoms with Crippen LogP contribution in [0.3, 0.4) is 0 Å². The quantitative estimate of drug-likeness (QED) is 0.733. The number of rotatable bonds is 1. The number of carboxylic acid groups (broad SMARTS) is 1. The summed E-state index contributed by atoms with van der Waals surface area (Å²) in [6.45, 7) is 1.08. The number of halogens is 1. The second kappa shape index (κ2) is 5.97. The minimum Gasteiger partial charge on any atom is -0.481 e. The first-order valence-electron chi connectivity index (χ1n) is 5.87. The summed E-state index contributed by atoms with van der Waals surface area (Å²) in [4.78, 5) is 13.3. The van der Waals surface area contributed by atoms with E-state index in [1.807, 2.05) is 24.3 Å². The molecule has 1 N–H and O–H groups in total. The summed E-state index contributed by atoms with van der Waals surface area (Å²) in [5.41, 5.74) is 2.32. The van der Waals surface area contributed by atoms with E-state index in [2.05, 4.69) is 4.98 Å². The maximum absolute atomic E-state index is 12.8. The number of benzene rings is 2. The van der Waals surface area contributed by atoms with Crippen LogP contribution in [0.25, 0.3) is 22.6 Å². The highest BCUT2D eigenvalue weighted by Gasteiger charge is 2.06. The molecule has 0 saturated heterocycles. The molecule has 0 aliphatic rings. The molecule has 5 heteroatoms. The van der Waals surface area contributed by atoms with Crippen LogP contribution in [0.5, 0.6) is 0 Å². The molecule has 0 fully saturated rings. The SMILES string of the molecule is CC(=O)O.Fc1ccc(-c2nc3ccccc3o2)cc1. The summed E-state index contributed by atoms with van der Waals surface area (Å²) in [7, 11) is 0. The molecular formula is C15H12FNO3. The molecular weight excluding hydrogens is 261 g/mol. The third-order valence-corrected chi connectivity index (χ3v) is 2.39. The van der Waals surface area contributed by atoms with Crippen LogP contribution in [0.1, 0.15) is 6.92 Å². The Hall–Kier alpha value is -2.69. The van der Waals surface area contributed by atoms with Crippen LogP contribution in [-0.2, 0) is 4.79 Å². The summed E-state index contributed by atoms with van der Waals surface area (Å²) in [6, 6.07) is 13.6. The lowest BCUT2D eigenvalue weighted by atomic mass is 10.2. The van der Waals surface area contributed by atoms with E-state index in [0.717, 1.165) is 23.6 Å². The average molecular weight is 273 g/mol. The Morgan fingerprint density at radius 2 is 1.75 bits per heavy atom. The van der Waals surface area contributed by atoms with Crippen LogP contribution in [0.4, 0.5) is 4.39 Å². The number of nitrogens with zero attached hydrogens (tertiary/aromatic N) is 1. The molecule has 0 amide bonds. The van der Waals surface area contributed by atoms with E-state index in [4.69, 9.17) is 14.3 Å². The smallest absolute Gasteiger partial charge is 0.300 e. The van der Waals surface area contributed by atoms with Crippen molar-refractivity contribution in [1.29, 1.82) is 0 Å². The number of para-hydroxylation sites is 2. The van der Waals surface area contributed by atoms with Gasteiger partial charge in [0.1, 0.15) is 11.3 Å². The van der Waals surface area contributed by atoms with Gasteiger partial charge in [-0.2, -0.15) is 0 Å². The van der Waals surface area contributed by atoms with Crippen molar-refractivity contribution in [3.63, 3.8) is 0 Å². The average Bonchev–Trinajstić information content (AvgIpc) is 2.82. The molecule has 20 heavy (non-hydrogen) atoms. The van der Waals surface area contributed by atoms with Gasteiger partial charge < -0.3 is 9.52 Å². The summed E-state index contributed by atoms with van der Waals surface area (Å²) in [5, 5.41) is 7.42. The molecule has 3 aromatic rings. The Labute approximate surface area is 114 Å². The van der Waals surface area contributed by atoms with Gasteiger partial charge in [0.05, 0.1) is 0 Å². The number of aliphatic carboxylic acids is 1. The first-order chi connectivity index (χ1) is 9.56. The first-order valence-corrected chi connectivity index (χ1v) is 5.87. The zero-order chi connectivity index (χ0) is 14.5. The topological polar surface area (TPSA) is 63.3 Å². The molecule has 0 unspecified atom stereocenters. The van der Waals surface area contributed by atoms with E-state index in [1.54, 1.807) is 12.1 Å². The molecule has 1 heterocycles. The van der Waals surface area contributed by atoms with Gasteiger partial charge in [0.15, 0.2) is 5.58 Å². The highest BCUT2D eigenvalue weighted by molar-refractivity contribution is 5.75. The maximum Gasteiger partial charge on any atom is 0.300 e. The van der Waals surface area contributed by atoms with Crippen LogP contribution in [0.15, 0.2) is 52.9 Å². The second-order valence-electron chi connectivity index (χ2n) is 4.01. The van der Waals surface area contributed by atoms with Crippen LogP contribution in [-0.4, -0.2) is 16.1 Å². The molecule has 4 nitrogen and oxygen atoms in total. The number of carbonyl (C=O) groups is 1. The number of carboxylic acids is 1. The fraction of sp³-hybridized carbons (Fsp3) is 0.0667. The second-order valence-corrected chi connectivity index (χ2v) is 4.01. The van der Waals surface area contributed by atoms with Crippen molar-refractivity contribution >= 4 is 17.1 Å². The van der Waals surface area contributed by atoms with Crippen molar-refractivity contribution in [3.05, 3.63) is 54.3 Å². The Bertz CT molecular complexity index is 682. The molecule has 3 rings (SSSR count). The summed E-state index contributed by atoms with van der Waals surface area (Å²) in [6.07, 6.45) is 0. The highest BCUT2D eigenvalue weighted by atomic mass is 19.1. The lowest BCUT2D eigenvalue weighted by molar-refractivity contribution is -0.134. The highest BCUT2D eigenvalue weighted by Crippen LogP contribution is 2.23. The molecule has 102 valence electrons. The van der Waals surface area contributed by atoms with Crippen LogP contribution < -0.4 is 0 Å². The molecule has 1 aromatic heterocycles. The minimum absolute atomic E-state index is 0.264. The normalized spacial score (nSPS) is 9.90. The van der Waals surface area contributed by atoms with Crippen LogP contribution >= 0.6 is 0 Å². The van der Waals surface area contributed by atoms with Gasteiger partial charge in [0, 0.05) is 12.5 Å². The van der Waals surface area contributed by atoms with Crippen molar-refractivity contribution in [2.45, 2.75) is 6.92 Å². The largest absolute Gasteiger partial charge is 0.481 e. The standard InChI is InChI=1S/C13H8FNO.C2H4O2/c14-10-7-5-9(6-8-10)13-15-11-3-1-2-4-12(11)16-13;1-2(3)4/h1-8H;1H3,(H,3,4). The van der Waals surface area contributed by atoms with Gasteiger partial charge in [-0.15, -0.1) is 0 Å². The third-order valence-electron chi connectivity index (χ3n) is 2.39. The van der Waals surface area contributed by atoms with E-state index in [1.165, 1.54) is 12.1 Å². The number of hydrogen-bond acceptors (Lipinski definition) is 3. The maximum atomic E-state index is 12.8.